The first-order valence-electron chi connectivity index (χ1n) is 7.74. The Morgan fingerprint density at radius 1 is 1.04 bits per heavy atom. The molecular formula is C18H13ClN6O. The molecule has 0 unspecified atom stereocenters. The van der Waals surface area contributed by atoms with Crippen molar-refractivity contribution in [3.63, 3.8) is 0 Å². The first-order chi connectivity index (χ1) is 12.6. The molecule has 7 nitrogen and oxygen atoms in total. The molecule has 0 spiro atoms. The highest BCUT2D eigenvalue weighted by molar-refractivity contribution is 6.30. The summed E-state index contributed by atoms with van der Waals surface area (Å²) in [5, 5.41) is 11.7. The molecule has 26 heavy (non-hydrogen) atoms. The van der Waals surface area contributed by atoms with Crippen LogP contribution >= 0.6 is 11.6 Å². The second-order valence-corrected chi connectivity index (χ2v) is 6.03. The van der Waals surface area contributed by atoms with E-state index in [1.807, 2.05) is 24.4 Å². The number of hydrogen-bond acceptors (Lipinski definition) is 5. The van der Waals surface area contributed by atoms with Crippen LogP contribution in [0.3, 0.4) is 0 Å². The monoisotopic (exact) mass is 364 g/mol. The number of nitrogen functional groups attached to an aromatic ring is 1. The van der Waals surface area contributed by atoms with Crippen LogP contribution in [-0.2, 0) is 0 Å². The summed E-state index contributed by atoms with van der Waals surface area (Å²) in [7, 11) is 0. The predicted octanol–water partition coefficient (Wildman–Crippen LogP) is 2.92. The zero-order valence-corrected chi connectivity index (χ0v) is 14.2. The van der Waals surface area contributed by atoms with Gasteiger partial charge in [0.25, 0.3) is 5.56 Å². The Labute approximate surface area is 153 Å². The van der Waals surface area contributed by atoms with Crippen molar-refractivity contribution in [1.82, 2.24) is 25.0 Å². The fourth-order valence-electron chi connectivity index (χ4n) is 2.60. The standard InChI is InChI=1S/C18H13ClN6O/c19-13-3-1-11(2-4-13)18-14(12-7-8-21-15(20)9-12)10-25(24-18)16-5-6-17(26)23-22-16/h1-10H,(H2,20,21)(H,23,26). The highest BCUT2D eigenvalue weighted by atomic mass is 35.5. The second-order valence-electron chi connectivity index (χ2n) is 5.59. The van der Waals surface area contributed by atoms with E-state index in [2.05, 4.69) is 20.3 Å². The summed E-state index contributed by atoms with van der Waals surface area (Å²) in [6.07, 6.45) is 3.48. The number of H-pyrrole nitrogens is 1. The largest absolute Gasteiger partial charge is 0.384 e. The van der Waals surface area contributed by atoms with Crippen molar-refractivity contribution in [3.8, 4) is 28.2 Å². The molecule has 8 heteroatoms. The van der Waals surface area contributed by atoms with Gasteiger partial charge in [-0.15, -0.1) is 0 Å². The molecule has 4 aromatic rings. The third kappa shape index (κ3) is 3.07. The first-order valence-corrected chi connectivity index (χ1v) is 8.11. The van der Waals surface area contributed by atoms with Gasteiger partial charge in [-0.05, 0) is 35.9 Å². The van der Waals surface area contributed by atoms with E-state index in [1.165, 1.54) is 6.07 Å². The zero-order chi connectivity index (χ0) is 18.1. The van der Waals surface area contributed by atoms with E-state index in [0.717, 1.165) is 22.4 Å². The third-order valence-corrected chi connectivity index (χ3v) is 4.08. The number of aromatic amines is 1. The molecule has 3 heterocycles. The van der Waals surface area contributed by atoms with Gasteiger partial charge in [0.05, 0.1) is 0 Å². The molecule has 0 radical (unpaired) electrons. The maximum atomic E-state index is 11.3. The fourth-order valence-corrected chi connectivity index (χ4v) is 2.73. The van der Waals surface area contributed by atoms with Gasteiger partial charge in [0, 0.05) is 34.6 Å². The number of anilines is 1. The Hall–Kier alpha value is -3.45. The molecule has 128 valence electrons. The lowest BCUT2D eigenvalue weighted by atomic mass is 10.0. The van der Waals surface area contributed by atoms with Crippen molar-refractivity contribution in [2.45, 2.75) is 0 Å². The molecule has 0 aliphatic carbocycles. The third-order valence-electron chi connectivity index (χ3n) is 3.82. The van der Waals surface area contributed by atoms with E-state index in [9.17, 15) is 4.79 Å². The van der Waals surface area contributed by atoms with Gasteiger partial charge in [-0.25, -0.2) is 14.8 Å². The molecule has 0 bridgehead atoms. The summed E-state index contributed by atoms with van der Waals surface area (Å²) in [5.41, 5.74) is 8.91. The van der Waals surface area contributed by atoms with E-state index in [-0.39, 0.29) is 5.56 Å². The van der Waals surface area contributed by atoms with Crippen molar-refractivity contribution in [3.05, 3.63) is 76.3 Å². The van der Waals surface area contributed by atoms with Gasteiger partial charge in [0.15, 0.2) is 5.82 Å². The Morgan fingerprint density at radius 2 is 1.85 bits per heavy atom. The van der Waals surface area contributed by atoms with Crippen LogP contribution in [0.2, 0.25) is 5.02 Å². The number of nitrogens with one attached hydrogen (secondary N) is 1. The lowest BCUT2D eigenvalue weighted by Crippen LogP contribution is -2.09. The van der Waals surface area contributed by atoms with Gasteiger partial charge in [0.2, 0.25) is 0 Å². The molecule has 0 saturated carbocycles. The fraction of sp³-hybridized carbons (Fsp3) is 0. The number of benzene rings is 1. The summed E-state index contributed by atoms with van der Waals surface area (Å²) in [4.78, 5) is 15.3. The molecule has 0 aliphatic rings. The molecule has 3 aromatic heterocycles. The van der Waals surface area contributed by atoms with Crippen LogP contribution in [0.15, 0.2) is 65.7 Å². The van der Waals surface area contributed by atoms with Crippen LogP contribution in [0, 0.1) is 0 Å². The van der Waals surface area contributed by atoms with E-state index >= 15 is 0 Å². The highest BCUT2D eigenvalue weighted by Gasteiger charge is 2.15. The van der Waals surface area contributed by atoms with Gasteiger partial charge in [0.1, 0.15) is 11.5 Å². The molecule has 3 N–H and O–H groups in total. The van der Waals surface area contributed by atoms with Crippen molar-refractivity contribution in [2.75, 3.05) is 5.73 Å². The Kier molecular flexibility index (Phi) is 3.98. The maximum Gasteiger partial charge on any atom is 0.264 e. The Morgan fingerprint density at radius 3 is 2.54 bits per heavy atom. The number of halogens is 1. The van der Waals surface area contributed by atoms with Crippen LogP contribution in [0.5, 0.6) is 0 Å². The van der Waals surface area contributed by atoms with Crippen LogP contribution in [0.4, 0.5) is 5.82 Å². The molecule has 0 saturated heterocycles. The topological polar surface area (TPSA) is 102 Å². The summed E-state index contributed by atoms with van der Waals surface area (Å²) < 4.78 is 1.60. The average Bonchev–Trinajstić information content (AvgIpc) is 3.08. The van der Waals surface area contributed by atoms with Gasteiger partial charge < -0.3 is 5.73 Å². The van der Waals surface area contributed by atoms with Crippen molar-refractivity contribution >= 4 is 17.4 Å². The summed E-state index contributed by atoms with van der Waals surface area (Å²) in [6, 6.07) is 14.0. The first kappa shape index (κ1) is 16.0. The number of rotatable bonds is 3. The number of pyridine rings is 1. The molecule has 0 fully saturated rings. The Bertz CT molecular complexity index is 1110. The molecule has 0 amide bonds. The lowest BCUT2D eigenvalue weighted by molar-refractivity contribution is 0.809. The highest BCUT2D eigenvalue weighted by Crippen LogP contribution is 2.32. The quantitative estimate of drug-likeness (QED) is 0.581. The lowest BCUT2D eigenvalue weighted by Gasteiger charge is -2.03. The molecule has 0 aliphatic heterocycles. The minimum absolute atomic E-state index is 0.277. The smallest absolute Gasteiger partial charge is 0.264 e. The summed E-state index contributed by atoms with van der Waals surface area (Å²) in [5.74, 6) is 0.910. The molecular weight excluding hydrogens is 352 g/mol. The van der Waals surface area contributed by atoms with E-state index < -0.39 is 0 Å². The van der Waals surface area contributed by atoms with Gasteiger partial charge >= 0.3 is 0 Å². The van der Waals surface area contributed by atoms with Gasteiger partial charge in [-0.1, -0.05) is 23.7 Å². The van der Waals surface area contributed by atoms with Crippen molar-refractivity contribution < 1.29 is 0 Å². The molecule has 0 atom stereocenters. The average molecular weight is 365 g/mol. The minimum atomic E-state index is -0.277. The van der Waals surface area contributed by atoms with Crippen LogP contribution < -0.4 is 11.3 Å². The number of hydrogen-bond donors (Lipinski definition) is 2. The second kappa shape index (κ2) is 6.45. The van der Waals surface area contributed by atoms with Crippen molar-refractivity contribution in [2.24, 2.45) is 0 Å². The van der Waals surface area contributed by atoms with Gasteiger partial charge in [-0.2, -0.15) is 10.2 Å². The van der Waals surface area contributed by atoms with Crippen LogP contribution in [0.25, 0.3) is 28.2 Å². The molecule has 4 rings (SSSR count). The maximum absolute atomic E-state index is 11.3. The van der Waals surface area contributed by atoms with E-state index in [4.69, 9.17) is 17.3 Å². The van der Waals surface area contributed by atoms with Crippen LogP contribution in [0.1, 0.15) is 0 Å². The van der Waals surface area contributed by atoms with Crippen molar-refractivity contribution in [1.29, 1.82) is 0 Å². The van der Waals surface area contributed by atoms with E-state index in [0.29, 0.717) is 16.7 Å². The summed E-state index contributed by atoms with van der Waals surface area (Å²) >= 11 is 6.00. The van der Waals surface area contributed by atoms with Crippen LogP contribution in [-0.4, -0.2) is 25.0 Å². The van der Waals surface area contributed by atoms with Gasteiger partial charge in [-0.3, -0.25) is 4.79 Å². The molecule has 1 aromatic carbocycles. The zero-order valence-electron chi connectivity index (χ0n) is 13.4. The number of nitrogens with zero attached hydrogens (tertiary/aromatic N) is 4. The number of aromatic nitrogens is 5. The Balaban J connectivity index is 1.91. The van der Waals surface area contributed by atoms with E-state index in [1.54, 1.807) is 35.1 Å². The number of nitrogens with two attached hydrogens (primary N) is 1. The normalized spacial score (nSPS) is 10.8. The SMILES string of the molecule is Nc1cc(-c2cn(-c3ccc(=O)[nH]n3)nc2-c2ccc(Cl)cc2)ccn1. The minimum Gasteiger partial charge on any atom is -0.384 e. The summed E-state index contributed by atoms with van der Waals surface area (Å²) in [6.45, 7) is 0. The predicted molar refractivity (Wildman–Crippen MR) is 100 cm³/mol.